The minimum atomic E-state index is -0.0717. The Kier molecular flexibility index (Phi) is 5.75. The van der Waals surface area contributed by atoms with Crippen LogP contribution < -0.4 is 9.47 Å². The quantitative estimate of drug-likeness (QED) is 0.660. The van der Waals surface area contributed by atoms with Gasteiger partial charge in [-0.25, -0.2) is 0 Å². The van der Waals surface area contributed by atoms with Crippen LogP contribution in [0.15, 0.2) is 34.1 Å². The van der Waals surface area contributed by atoms with Gasteiger partial charge in [-0.1, -0.05) is 0 Å². The predicted octanol–water partition coefficient (Wildman–Crippen LogP) is 3.90. The lowest BCUT2D eigenvalue weighted by molar-refractivity contribution is -0.130. The second kappa shape index (κ2) is 8.01. The van der Waals surface area contributed by atoms with E-state index in [4.69, 9.17) is 9.47 Å². The molecule has 0 saturated heterocycles. The third kappa shape index (κ3) is 4.61. The Morgan fingerprint density at radius 2 is 1.92 bits per heavy atom. The Bertz CT molecular complexity index is 789. The Labute approximate surface area is 158 Å². The van der Waals surface area contributed by atoms with Gasteiger partial charge in [0, 0.05) is 40.2 Å². The summed E-state index contributed by atoms with van der Waals surface area (Å²) >= 11 is 5.00. The Hall–Kier alpha value is -1.86. The number of ketones is 1. The number of thiophene rings is 1. The van der Waals surface area contributed by atoms with Crippen LogP contribution in [-0.2, 0) is 11.3 Å². The lowest BCUT2D eigenvalue weighted by Crippen LogP contribution is -2.26. The number of hydrogen-bond acceptors (Lipinski definition) is 5. The van der Waals surface area contributed by atoms with E-state index in [1.54, 1.807) is 41.5 Å². The molecule has 132 valence electrons. The van der Waals surface area contributed by atoms with Crippen molar-refractivity contribution >= 4 is 39.0 Å². The second-order valence-corrected chi connectivity index (χ2v) is 7.67. The van der Waals surface area contributed by atoms with E-state index in [0.29, 0.717) is 36.8 Å². The smallest absolute Gasteiger partial charge is 0.223 e. The molecular formula is C18H18BrNO4S. The van der Waals surface area contributed by atoms with Gasteiger partial charge in [0.1, 0.15) is 13.2 Å². The Balaban J connectivity index is 1.53. The molecule has 0 fully saturated rings. The van der Waals surface area contributed by atoms with Crippen molar-refractivity contribution in [2.75, 3.05) is 20.3 Å². The molecule has 0 unspecified atom stereocenters. The average Bonchev–Trinajstić information content (AvgIpc) is 3.03. The van der Waals surface area contributed by atoms with Gasteiger partial charge in [-0.15, -0.1) is 11.3 Å². The van der Waals surface area contributed by atoms with E-state index in [2.05, 4.69) is 15.9 Å². The molecule has 0 N–H and O–H groups in total. The van der Waals surface area contributed by atoms with Gasteiger partial charge >= 0.3 is 0 Å². The van der Waals surface area contributed by atoms with Gasteiger partial charge in [-0.3, -0.25) is 9.59 Å². The highest BCUT2D eigenvalue weighted by Crippen LogP contribution is 2.31. The van der Waals surface area contributed by atoms with Crippen LogP contribution in [0.5, 0.6) is 11.5 Å². The van der Waals surface area contributed by atoms with Crippen LogP contribution in [-0.4, -0.2) is 36.9 Å². The zero-order valence-corrected chi connectivity index (χ0v) is 16.2. The molecule has 0 atom stereocenters. The van der Waals surface area contributed by atoms with Crippen LogP contribution in [0.3, 0.4) is 0 Å². The van der Waals surface area contributed by atoms with Crippen molar-refractivity contribution in [3.63, 3.8) is 0 Å². The first-order valence-corrected chi connectivity index (χ1v) is 9.60. The molecule has 7 heteroatoms. The highest BCUT2D eigenvalue weighted by atomic mass is 79.9. The summed E-state index contributed by atoms with van der Waals surface area (Å²) in [5.41, 5.74) is 0.543. The third-order valence-electron chi connectivity index (χ3n) is 3.87. The molecule has 0 saturated carbocycles. The van der Waals surface area contributed by atoms with Gasteiger partial charge in [-0.05, 0) is 40.2 Å². The van der Waals surface area contributed by atoms with Crippen molar-refractivity contribution < 1.29 is 19.1 Å². The SMILES string of the molecule is CN(Cc1cc(Br)cs1)C(=O)CCC(=O)c1ccc2c(c1)OCCO2. The number of carbonyl (C=O) groups is 2. The van der Waals surface area contributed by atoms with Crippen molar-refractivity contribution in [2.24, 2.45) is 0 Å². The van der Waals surface area contributed by atoms with Crippen molar-refractivity contribution in [3.8, 4) is 11.5 Å². The van der Waals surface area contributed by atoms with Crippen molar-refractivity contribution in [1.29, 1.82) is 0 Å². The van der Waals surface area contributed by atoms with Gasteiger partial charge in [0.25, 0.3) is 0 Å². The molecule has 0 aliphatic carbocycles. The first kappa shape index (κ1) is 17.9. The molecule has 2 aromatic rings. The molecule has 5 nitrogen and oxygen atoms in total. The van der Waals surface area contributed by atoms with Crippen molar-refractivity contribution in [1.82, 2.24) is 4.90 Å². The van der Waals surface area contributed by atoms with Crippen molar-refractivity contribution in [3.05, 3.63) is 44.6 Å². The number of carbonyl (C=O) groups excluding carboxylic acids is 2. The number of rotatable bonds is 6. The molecule has 0 bridgehead atoms. The number of nitrogens with zero attached hydrogens (tertiary/aromatic N) is 1. The number of ether oxygens (including phenoxy) is 2. The van der Waals surface area contributed by atoms with Gasteiger partial charge < -0.3 is 14.4 Å². The Morgan fingerprint density at radius 1 is 1.16 bits per heavy atom. The monoisotopic (exact) mass is 423 g/mol. The maximum absolute atomic E-state index is 12.3. The van der Waals surface area contributed by atoms with Crippen molar-refractivity contribution in [2.45, 2.75) is 19.4 Å². The van der Waals surface area contributed by atoms with E-state index >= 15 is 0 Å². The fourth-order valence-corrected chi connectivity index (χ4v) is 4.03. The number of fused-ring (bicyclic) bond motifs is 1. The summed E-state index contributed by atoms with van der Waals surface area (Å²) in [4.78, 5) is 27.3. The molecule has 0 spiro atoms. The highest BCUT2D eigenvalue weighted by Gasteiger charge is 2.17. The van der Waals surface area contributed by atoms with Crippen LogP contribution in [0.4, 0.5) is 0 Å². The van der Waals surface area contributed by atoms with E-state index in [0.717, 1.165) is 9.35 Å². The van der Waals surface area contributed by atoms with Crippen LogP contribution in [0.25, 0.3) is 0 Å². The summed E-state index contributed by atoms with van der Waals surface area (Å²) in [6.07, 6.45) is 0.368. The van der Waals surface area contributed by atoms with E-state index < -0.39 is 0 Å². The zero-order valence-electron chi connectivity index (χ0n) is 13.8. The molecule has 1 aliphatic heterocycles. The van der Waals surface area contributed by atoms with E-state index in [9.17, 15) is 9.59 Å². The van der Waals surface area contributed by atoms with E-state index in [-0.39, 0.29) is 24.5 Å². The first-order chi connectivity index (χ1) is 12.0. The average molecular weight is 424 g/mol. The number of amides is 1. The number of benzene rings is 1. The molecule has 25 heavy (non-hydrogen) atoms. The molecule has 1 amide bonds. The minimum Gasteiger partial charge on any atom is -0.486 e. The highest BCUT2D eigenvalue weighted by molar-refractivity contribution is 9.10. The molecule has 0 radical (unpaired) electrons. The van der Waals surface area contributed by atoms with E-state index in [1.807, 2.05) is 11.4 Å². The molecular weight excluding hydrogens is 406 g/mol. The van der Waals surface area contributed by atoms with Crippen LogP contribution in [0.2, 0.25) is 0 Å². The zero-order chi connectivity index (χ0) is 17.8. The van der Waals surface area contributed by atoms with Gasteiger partial charge in [-0.2, -0.15) is 0 Å². The summed E-state index contributed by atoms with van der Waals surface area (Å²) < 4.78 is 12.0. The number of halogens is 1. The second-order valence-electron chi connectivity index (χ2n) is 5.76. The molecule has 3 rings (SSSR count). The van der Waals surface area contributed by atoms with Gasteiger partial charge in [0.05, 0.1) is 6.54 Å². The summed E-state index contributed by atoms with van der Waals surface area (Å²) in [5, 5.41) is 1.99. The first-order valence-electron chi connectivity index (χ1n) is 7.92. The molecule has 1 aromatic heterocycles. The maximum Gasteiger partial charge on any atom is 0.223 e. The third-order valence-corrected chi connectivity index (χ3v) is 5.55. The van der Waals surface area contributed by atoms with Crippen LogP contribution in [0, 0.1) is 0 Å². The molecule has 1 aliphatic rings. The summed E-state index contributed by atoms with van der Waals surface area (Å²) in [5.74, 6) is 1.12. The molecule has 1 aromatic carbocycles. The Morgan fingerprint density at radius 3 is 2.64 bits per heavy atom. The standard InChI is InChI=1S/C18H18BrNO4S/c1-20(10-14-9-13(19)11-25-14)18(22)5-3-15(21)12-2-4-16-17(8-12)24-7-6-23-16/h2,4,8-9,11H,3,5-7,10H2,1H3. The minimum absolute atomic E-state index is 0.0459. The lowest BCUT2D eigenvalue weighted by Gasteiger charge is -2.19. The number of Topliss-reactive ketones (excluding diaryl/α,β-unsaturated/α-hetero) is 1. The number of hydrogen-bond donors (Lipinski definition) is 0. The summed E-state index contributed by atoms with van der Waals surface area (Å²) in [7, 11) is 1.75. The summed E-state index contributed by atoms with van der Waals surface area (Å²) in [6, 6.07) is 7.14. The molecule has 2 heterocycles. The fraction of sp³-hybridized carbons (Fsp3) is 0.333. The summed E-state index contributed by atoms with van der Waals surface area (Å²) in [6.45, 7) is 1.54. The van der Waals surface area contributed by atoms with E-state index in [1.165, 1.54) is 0 Å². The van der Waals surface area contributed by atoms with Gasteiger partial charge in [0.15, 0.2) is 17.3 Å². The van der Waals surface area contributed by atoms with Crippen LogP contribution >= 0.6 is 27.3 Å². The van der Waals surface area contributed by atoms with Crippen LogP contribution in [0.1, 0.15) is 28.1 Å². The topological polar surface area (TPSA) is 55.8 Å². The lowest BCUT2D eigenvalue weighted by atomic mass is 10.1. The largest absolute Gasteiger partial charge is 0.486 e. The predicted molar refractivity (Wildman–Crippen MR) is 99.5 cm³/mol. The van der Waals surface area contributed by atoms with Gasteiger partial charge in [0.2, 0.25) is 5.91 Å². The fourth-order valence-electron chi connectivity index (χ4n) is 2.53. The maximum atomic E-state index is 12.3. The normalized spacial score (nSPS) is 12.7.